The van der Waals surface area contributed by atoms with E-state index in [0.717, 1.165) is 12.0 Å². The van der Waals surface area contributed by atoms with Crippen LogP contribution >= 0.6 is 0 Å². The summed E-state index contributed by atoms with van der Waals surface area (Å²) in [6.07, 6.45) is 2.28. The zero-order chi connectivity index (χ0) is 17.2. The molecule has 0 spiro atoms. The van der Waals surface area contributed by atoms with E-state index in [0.29, 0.717) is 24.5 Å². The Morgan fingerprint density at radius 1 is 1.17 bits per heavy atom. The number of para-hydroxylation sites is 1. The molecule has 0 saturated carbocycles. The van der Waals surface area contributed by atoms with Gasteiger partial charge in [-0.1, -0.05) is 48.5 Å². The number of benzene rings is 2. The Hall–Kier alpha value is -3.06. The minimum absolute atomic E-state index is 0.0650. The molecule has 4 heteroatoms. The highest BCUT2D eigenvalue weighted by Gasteiger charge is 2.10. The van der Waals surface area contributed by atoms with Gasteiger partial charge in [-0.05, 0) is 31.1 Å². The summed E-state index contributed by atoms with van der Waals surface area (Å²) < 4.78 is 5.52. The Labute approximate surface area is 142 Å². The van der Waals surface area contributed by atoms with Crippen LogP contribution in [0, 0.1) is 11.3 Å². The molecule has 0 heterocycles. The maximum absolute atomic E-state index is 12.2. The summed E-state index contributed by atoms with van der Waals surface area (Å²) in [6, 6.07) is 19.2. The van der Waals surface area contributed by atoms with Gasteiger partial charge < -0.3 is 10.1 Å². The van der Waals surface area contributed by atoms with Crippen molar-refractivity contribution in [1.29, 1.82) is 5.26 Å². The third-order valence-corrected chi connectivity index (χ3v) is 3.43. The molecular weight excluding hydrogens is 300 g/mol. The molecular formula is C20H20N2O2. The Bertz CT molecular complexity index is 746. The molecule has 4 nitrogen and oxygen atoms in total. The predicted molar refractivity (Wildman–Crippen MR) is 94.4 cm³/mol. The maximum Gasteiger partial charge on any atom is 0.261 e. The number of amides is 1. The second-order valence-electron chi connectivity index (χ2n) is 5.13. The Morgan fingerprint density at radius 3 is 2.58 bits per heavy atom. The average molecular weight is 320 g/mol. The lowest BCUT2D eigenvalue weighted by molar-refractivity contribution is -0.117. The molecule has 0 aliphatic rings. The van der Waals surface area contributed by atoms with Crippen molar-refractivity contribution in [3.05, 3.63) is 71.3 Å². The summed E-state index contributed by atoms with van der Waals surface area (Å²) in [7, 11) is 0. The van der Waals surface area contributed by atoms with E-state index in [1.165, 1.54) is 0 Å². The van der Waals surface area contributed by atoms with Gasteiger partial charge in [0.15, 0.2) is 0 Å². The molecule has 0 atom stereocenters. The Kier molecular flexibility index (Phi) is 6.60. The molecule has 0 aromatic heterocycles. The number of nitrogens with zero attached hydrogens (tertiary/aromatic N) is 1. The number of carbonyl (C=O) groups excluding carboxylic acids is 1. The lowest BCUT2D eigenvalue weighted by atomic mass is 10.1. The fraction of sp³-hybridized carbons (Fsp3) is 0.200. The van der Waals surface area contributed by atoms with E-state index < -0.39 is 0 Å². The van der Waals surface area contributed by atoms with Gasteiger partial charge in [-0.15, -0.1) is 0 Å². The fourth-order valence-corrected chi connectivity index (χ4v) is 2.25. The fourth-order valence-electron chi connectivity index (χ4n) is 2.25. The van der Waals surface area contributed by atoms with Crippen molar-refractivity contribution in [3.8, 4) is 11.8 Å². The van der Waals surface area contributed by atoms with E-state index >= 15 is 0 Å². The molecule has 2 rings (SSSR count). The van der Waals surface area contributed by atoms with Crippen molar-refractivity contribution in [1.82, 2.24) is 5.32 Å². The maximum atomic E-state index is 12.2. The van der Waals surface area contributed by atoms with Crippen LogP contribution < -0.4 is 10.1 Å². The number of nitrogens with one attached hydrogen (secondary N) is 1. The van der Waals surface area contributed by atoms with E-state index in [-0.39, 0.29) is 11.5 Å². The molecule has 1 amide bonds. The first-order valence-electron chi connectivity index (χ1n) is 7.90. The number of hydrogen-bond acceptors (Lipinski definition) is 3. The third kappa shape index (κ3) is 4.99. The normalized spacial score (nSPS) is 10.8. The second kappa shape index (κ2) is 9.16. The largest absolute Gasteiger partial charge is 0.493 e. The lowest BCUT2D eigenvalue weighted by Crippen LogP contribution is -2.26. The molecule has 24 heavy (non-hydrogen) atoms. The van der Waals surface area contributed by atoms with Crippen LogP contribution in [-0.2, 0) is 11.2 Å². The first kappa shape index (κ1) is 17.3. The first-order valence-corrected chi connectivity index (χ1v) is 7.90. The number of rotatable bonds is 7. The van der Waals surface area contributed by atoms with Crippen LogP contribution in [0.4, 0.5) is 0 Å². The number of hydrogen-bond donors (Lipinski definition) is 1. The number of nitriles is 1. The van der Waals surface area contributed by atoms with E-state index in [9.17, 15) is 10.1 Å². The molecule has 0 aliphatic carbocycles. The van der Waals surface area contributed by atoms with Crippen LogP contribution in [0.1, 0.15) is 18.1 Å². The van der Waals surface area contributed by atoms with Gasteiger partial charge >= 0.3 is 0 Å². The van der Waals surface area contributed by atoms with Gasteiger partial charge in [-0.25, -0.2) is 0 Å². The van der Waals surface area contributed by atoms with Crippen molar-refractivity contribution < 1.29 is 9.53 Å². The molecule has 0 aliphatic heterocycles. The quantitative estimate of drug-likeness (QED) is 0.628. The SMILES string of the molecule is CCOc1ccccc1/C=C(\C#N)C(=O)NCCc1ccccc1. The summed E-state index contributed by atoms with van der Waals surface area (Å²) in [5.74, 6) is 0.282. The highest BCUT2D eigenvalue weighted by Crippen LogP contribution is 2.20. The smallest absolute Gasteiger partial charge is 0.261 e. The van der Waals surface area contributed by atoms with Gasteiger partial charge in [0.1, 0.15) is 17.4 Å². The van der Waals surface area contributed by atoms with E-state index in [1.54, 1.807) is 6.08 Å². The molecule has 0 radical (unpaired) electrons. The molecule has 122 valence electrons. The number of carbonyl (C=O) groups is 1. The first-order chi connectivity index (χ1) is 11.7. The van der Waals surface area contributed by atoms with E-state index in [2.05, 4.69) is 5.32 Å². The predicted octanol–water partition coefficient (Wildman–Crippen LogP) is 3.35. The zero-order valence-electron chi connectivity index (χ0n) is 13.7. The summed E-state index contributed by atoms with van der Waals surface area (Å²) in [5, 5.41) is 12.1. The minimum atomic E-state index is -0.375. The summed E-state index contributed by atoms with van der Waals surface area (Å²) >= 11 is 0. The highest BCUT2D eigenvalue weighted by molar-refractivity contribution is 6.01. The van der Waals surface area contributed by atoms with Crippen LogP contribution in [0.25, 0.3) is 6.08 Å². The molecule has 0 saturated heterocycles. The van der Waals surface area contributed by atoms with Crippen molar-refractivity contribution in [2.45, 2.75) is 13.3 Å². The van der Waals surface area contributed by atoms with Crippen LogP contribution in [-0.4, -0.2) is 19.1 Å². The van der Waals surface area contributed by atoms with Gasteiger partial charge in [-0.3, -0.25) is 4.79 Å². The highest BCUT2D eigenvalue weighted by atomic mass is 16.5. The van der Waals surface area contributed by atoms with Crippen molar-refractivity contribution in [2.24, 2.45) is 0 Å². The second-order valence-corrected chi connectivity index (χ2v) is 5.13. The van der Waals surface area contributed by atoms with Crippen LogP contribution in [0.3, 0.4) is 0 Å². The summed E-state index contributed by atoms with van der Waals surface area (Å²) in [6.45, 7) is 2.90. The molecule has 0 unspecified atom stereocenters. The molecule has 0 bridgehead atoms. The number of ether oxygens (including phenoxy) is 1. The minimum Gasteiger partial charge on any atom is -0.493 e. The van der Waals surface area contributed by atoms with Crippen LogP contribution in [0.5, 0.6) is 5.75 Å². The molecule has 2 aromatic carbocycles. The Morgan fingerprint density at radius 2 is 1.88 bits per heavy atom. The molecule has 2 aromatic rings. The monoisotopic (exact) mass is 320 g/mol. The third-order valence-electron chi connectivity index (χ3n) is 3.43. The molecule has 1 N–H and O–H groups in total. The Balaban J connectivity index is 2.02. The van der Waals surface area contributed by atoms with Gasteiger partial charge in [0.25, 0.3) is 5.91 Å². The van der Waals surface area contributed by atoms with Gasteiger partial charge in [-0.2, -0.15) is 5.26 Å². The average Bonchev–Trinajstić information content (AvgIpc) is 2.62. The van der Waals surface area contributed by atoms with Crippen LogP contribution in [0.2, 0.25) is 0 Å². The van der Waals surface area contributed by atoms with Crippen LogP contribution in [0.15, 0.2) is 60.2 Å². The molecule has 0 fully saturated rings. The standard InChI is InChI=1S/C20H20N2O2/c1-2-24-19-11-7-6-10-17(19)14-18(15-21)20(23)22-13-12-16-8-4-3-5-9-16/h3-11,14H,2,12-13H2,1H3,(H,22,23)/b18-14+. The van der Waals surface area contributed by atoms with E-state index in [4.69, 9.17) is 4.74 Å². The summed E-state index contributed by atoms with van der Waals surface area (Å²) in [5.41, 5.74) is 1.92. The van der Waals surface area contributed by atoms with Crippen molar-refractivity contribution in [3.63, 3.8) is 0 Å². The van der Waals surface area contributed by atoms with Crippen molar-refractivity contribution >= 4 is 12.0 Å². The van der Waals surface area contributed by atoms with Crippen molar-refractivity contribution in [2.75, 3.05) is 13.2 Å². The van der Waals surface area contributed by atoms with Gasteiger partial charge in [0.05, 0.1) is 6.61 Å². The zero-order valence-corrected chi connectivity index (χ0v) is 13.7. The lowest BCUT2D eigenvalue weighted by Gasteiger charge is -2.08. The van der Waals surface area contributed by atoms with Gasteiger partial charge in [0.2, 0.25) is 0 Å². The topological polar surface area (TPSA) is 62.1 Å². The van der Waals surface area contributed by atoms with E-state index in [1.807, 2.05) is 67.6 Å². The summed E-state index contributed by atoms with van der Waals surface area (Å²) in [4.78, 5) is 12.2. The van der Waals surface area contributed by atoms with Gasteiger partial charge in [0, 0.05) is 12.1 Å².